The second-order valence-corrected chi connectivity index (χ2v) is 3.47. The standard InChI is InChI=1S/C10H8ClNO3/c1-12-7(2-3-8(12)10(13)14)9-6(11)4-5-15-9/h2-5H,1H3,(H,13,14). The van der Waals surface area contributed by atoms with E-state index in [0.717, 1.165) is 0 Å². The van der Waals surface area contributed by atoms with Crippen molar-refractivity contribution in [3.8, 4) is 11.5 Å². The summed E-state index contributed by atoms with van der Waals surface area (Å²) in [6, 6.07) is 4.79. The Bertz CT molecular complexity index is 512. The van der Waals surface area contributed by atoms with E-state index in [1.807, 2.05) is 0 Å². The maximum atomic E-state index is 10.8. The lowest BCUT2D eigenvalue weighted by atomic mass is 10.3. The number of carbonyl (C=O) groups is 1. The molecule has 0 spiro atoms. The molecule has 0 aromatic carbocycles. The number of halogens is 1. The molecule has 0 fully saturated rings. The summed E-state index contributed by atoms with van der Waals surface area (Å²) in [4.78, 5) is 10.8. The molecule has 0 aliphatic carbocycles. The van der Waals surface area contributed by atoms with Gasteiger partial charge in [0.1, 0.15) is 5.69 Å². The van der Waals surface area contributed by atoms with Crippen molar-refractivity contribution in [1.82, 2.24) is 4.57 Å². The topological polar surface area (TPSA) is 55.4 Å². The SMILES string of the molecule is Cn1c(C(=O)O)ccc1-c1occc1Cl. The molecule has 0 aliphatic rings. The highest BCUT2D eigenvalue weighted by molar-refractivity contribution is 6.32. The first kappa shape index (κ1) is 9.86. The molecule has 78 valence electrons. The molecule has 0 aliphatic heterocycles. The Kier molecular flexibility index (Phi) is 2.28. The molecule has 0 unspecified atom stereocenters. The largest absolute Gasteiger partial charge is 0.477 e. The van der Waals surface area contributed by atoms with Gasteiger partial charge in [-0.05, 0) is 18.2 Å². The number of aromatic carboxylic acids is 1. The first-order chi connectivity index (χ1) is 7.11. The minimum absolute atomic E-state index is 0.192. The molecule has 0 bridgehead atoms. The Balaban J connectivity index is 2.56. The van der Waals surface area contributed by atoms with E-state index in [4.69, 9.17) is 21.1 Å². The number of hydrogen-bond acceptors (Lipinski definition) is 2. The highest BCUT2D eigenvalue weighted by Crippen LogP contribution is 2.29. The molecule has 0 saturated heterocycles. The molecular formula is C10H8ClNO3. The van der Waals surface area contributed by atoms with E-state index < -0.39 is 5.97 Å². The van der Waals surface area contributed by atoms with Crippen LogP contribution in [0.3, 0.4) is 0 Å². The maximum Gasteiger partial charge on any atom is 0.352 e. The summed E-state index contributed by atoms with van der Waals surface area (Å²) in [5.74, 6) is -0.502. The number of furan rings is 1. The predicted octanol–water partition coefficient (Wildman–Crippen LogP) is 2.64. The van der Waals surface area contributed by atoms with Crippen LogP contribution in [-0.4, -0.2) is 15.6 Å². The van der Waals surface area contributed by atoms with Crippen LogP contribution in [0.1, 0.15) is 10.5 Å². The molecule has 15 heavy (non-hydrogen) atoms. The van der Waals surface area contributed by atoms with Crippen LogP contribution in [-0.2, 0) is 7.05 Å². The van der Waals surface area contributed by atoms with E-state index in [-0.39, 0.29) is 5.69 Å². The minimum Gasteiger partial charge on any atom is -0.477 e. The fourth-order valence-corrected chi connectivity index (χ4v) is 1.62. The number of aromatic nitrogens is 1. The fourth-order valence-electron chi connectivity index (χ4n) is 1.43. The van der Waals surface area contributed by atoms with Crippen molar-refractivity contribution in [3.63, 3.8) is 0 Å². The van der Waals surface area contributed by atoms with Gasteiger partial charge in [0.25, 0.3) is 0 Å². The van der Waals surface area contributed by atoms with Crippen LogP contribution in [0.15, 0.2) is 28.9 Å². The number of nitrogens with zero attached hydrogens (tertiary/aromatic N) is 1. The molecule has 0 saturated carbocycles. The van der Waals surface area contributed by atoms with Gasteiger partial charge in [0, 0.05) is 7.05 Å². The maximum absolute atomic E-state index is 10.8. The molecule has 1 N–H and O–H groups in total. The molecule has 0 radical (unpaired) electrons. The fraction of sp³-hybridized carbons (Fsp3) is 0.100. The van der Waals surface area contributed by atoms with Crippen LogP contribution in [0, 0.1) is 0 Å². The molecule has 0 atom stereocenters. The molecule has 2 heterocycles. The van der Waals surface area contributed by atoms with Gasteiger partial charge >= 0.3 is 5.97 Å². The quantitative estimate of drug-likeness (QED) is 0.855. The summed E-state index contributed by atoms with van der Waals surface area (Å²) in [6.45, 7) is 0. The zero-order valence-corrected chi connectivity index (χ0v) is 8.65. The summed E-state index contributed by atoms with van der Waals surface area (Å²) in [5, 5.41) is 9.33. The molecule has 2 rings (SSSR count). The number of carboxylic acids is 1. The van der Waals surface area contributed by atoms with Crippen molar-refractivity contribution in [2.75, 3.05) is 0 Å². The van der Waals surface area contributed by atoms with Crippen LogP contribution < -0.4 is 0 Å². The summed E-state index contributed by atoms with van der Waals surface area (Å²) in [5.41, 5.74) is 0.833. The van der Waals surface area contributed by atoms with Crippen LogP contribution in [0.5, 0.6) is 0 Å². The number of hydrogen-bond donors (Lipinski definition) is 1. The second-order valence-electron chi connectivity index (χ2n) is 3.07. The second kappa shape index (κ2) is 3.47. The van der Waals surface area contributed by atoms with Gasteiger partial charge in [-0.25, -0.2) is 4.79 Å². The zero-order chi connectivity index (χ0) is 11.0. The van der Waals surface area contributed by atoms with E-state index >= 15 is 0 Å². The summed E-state index contributed by atoms with van der Waals surface area (Å²) in [6.07, 6.45) is 1.46. The van der Waals surface area contributed by atoms with Crippen molar-refractivity contribution in [3.05, 3.63) is 35.2 Å². The lowest BCUT2D eigenvalue weighted by Crippen LogP contribution is -2.04. The van der Waals surface area contributed by atoms with Gasteiger partial charge in [-0.2, -0.15) is 0 Å². The Hall–Kier alpha value is -1.68. The first-order valence-corrected chi connectivity index (χ1v) is 4.61. The highest BCUT2D eigenvalue weighted by atomic mass is 35.5. The molecule has 0 amide bonds. The van der Waals surface area contributed by atoms with E-state index in [9.17, 15) is 4.79 Å². The van der Waals surface area contributed by atoms with Gasteiger partial charge < -0.3 is 14.1 Å². The Labute approximate surface area is 90.7 Å². The third-order valence-corrected chi connectivity index (χ3v) is 2.49. The van der Waals surface area contributed by atoms with Gasteiger partial charge in [0.2, 0.25) is 0 Å². The van der Waals surface area contributed by atoms with Crippen molar-refractivity contribution in [2.24, 2.45) is 7.05 Å². The zero-order valence-electron chi connectivity index (χ0n) is 7.90. The van der Waals surface area contributed by atoms with Crippen LogP contribution in [0.25, 0.3) is 11.5 Å². The van der Waals surface area contributed by atoms with Gasteiger partial charge in [-0.3, -0.25) is 0 Å². The van der Waals surface area contributed by atoms with Crippen molar-refractivity contribution in [2.45, 2.75) is 0 Å². The van der Waals surface area contributed by atoms with Crippen LogP contribution in [0.2, 0.25) is 5.02 Å². The van der Waals surface area contributed by atoms with Crippen molar-refractivity contribution < 1.29 is 14.3 Å². The molecule has 5 heteroatoms. The van der Waals surface area contributed by atoms with Gasteiger partial charge in [0.15, 0.2) is 5.76 Å². The average molecular weight is 226 g/mol. The normalized spacial score (nSPS) is 10.5. The van der Waals surface area contributed by atoms with Crippen LogP contribution in [0.4, 0.5) is 0 Å². The van der Waals surface area contributed by atoms with Gasteiger partial charge in [-0.15, -0.1) is 0 Å². The summed E-state index contributed by atoms with van der Waals surface area (Å²) in [7, 11) is 1.65. The molecule has 2 aromatic heterocycles. The van der Waals surface area contributed by atoms with Crippen molar-refractivity contribution >= 4 is 17.6 Å². The highest BCUT2D eigenvalue weighted by Gasteiger charge is 2.15. The van der Waals surface area contributed by atoms with Gasteiger partial charge in [-0.1, -0.05) is 11.6 Å². The molecule has 4 nitrogen and oxygen atoms in total. The monoisotopic (exact) mass is 225 g/mol. The molecular weight excluding hydrogens is 218 g/mol. The average Bonchev–Trinajstić information content (AvgIpc) is 2.71. The van der Waals surface area contributed by atoms with Crippen molar-refractivity contribution in [1.29, 1.82) is 0 Å². The van der Waals surface area contributed by atoms with Crippen LogP contribution >= 0.6 is 11.6 Å². The van der Waals surface area contributed by atoms with Gasteiger partial charge in [0.05, 0.1) is 17.0 Å². The number of rotatable bonds is 2. The lowest BCUT2D eigenvalue weighted by Gasteiger charge is -2.02. The lowest BCUT2D eigenvalue weighted by molar-refractivity contribution is 0.0687. The third kappa shape index (κ3) is 1.53. The Morgan fingerprint density at radius 3 is 2.67 bits per heavy atom. The smallest absolute Gasteiger partial charge is 0.352 e. The first-order valence-electron chi connectivity index (χ1n) is 4.23. The summed E-state index contributed by atoms with van der Waals surface area (Å²) >= 11 is 5.88. The summed E-state index contributed by atoms with van der Waals surface area (Å²) < 4.78 is 6.70. The third-order valence-electron chi connectivity index (χ3n) is 2.19. The van der Waals surface area contributed by atoms with E-state index in [0.29, 0.717) is 16.5 Å². The minimum atomic E-state index is -0.980. The molecule has 2 aromatic rings. The van der Waals surface area contributed by atoms with E-state index in [2.05, 4.69) is 0 Å². The number of carboxylic acid groups (broad SMARTS) is 1. The predicted molar refractivity (Wildman–Crippen MR) is 55.1 cm³/mol. The van der Waals surface area contributed by atoms with E-state index in [1.54, 1.807) is 19.2 Å². The Morgan fingerprint density at radius 1 is 1.47 bits per heavy atom. The Morgan fingerprint density at radius 2 is 2.20 bits per heavy atom. The van der Waals surface area contributed by atoms with E-state index in [1.165, 1.54) is 16.9 Å².